The molecule has 1 aliphatic heterocycles. The van der Waals surface area contributed by atoms with Crippen LogP contribution in [0.15, 0.2) is 0 Å². The molecular weight excluding hydrogens is 578 g/mol. The number of aliphatic carboxylic acids is 2. The molecule has 4 unspecified atom stereocenters. The summed E-state index contributed by atoms with van der Waals surface area (Å²) in [6, 6.07) is -2.03. The molecular formula is C25H53N5O13. The van der Waals surface area contributed by atoms with Gasteiger partial charge in [0.2, 0.25) is 18.7 Å². The van der Waals surface area contributed by atoms with Gasteiger partial charge in [-0.2, -0.15) is 9.59 Å². The Morgan fingerprint density at radius 2 is 1.49 bits per heavy atom. The number of esters is 1. The van der Waals surface area contributed by atoms with E-state index in [0.29, 0.717) is 0 Å². The van der Waals surface area contributed by atoms with Gasteiger partial charge in [-0.1, -0.05) is 27.7 Å². The molecule has 0 aliphatic carbocycles. The van der Waals surface area contributed by atoms with Crippen LogP contribution in [0, 0.1) is 5.92 Å². The molecule has 1 rings (SSSR count). The van der Waals surface area contributed by atoms with Crippen LogP contribution in [0.4, 0.5) is 4.79 Å². The molecule has 4 atom stereocenters. The highest BCUT2D eigenvalue weighted by molar-refractivity contribution is 5.94. The zero-order chi connectivity index (χ0) is 36.9. The molecule has 1 aliphatic rings. The second-order valence-electron chi connectivity index (χ2n) is 7.39. The van der Waals surface area contributed by atoms with Crippen LogP contribution in [-0.4, -0.2) is 127 Å². The second kappa shape index (κ2) is 35.6. The first-order valence-electron chi connectivity index (χ1n) is 13.5. The van der Waals surface area contributed by atoms with E-state index >= 15 is 0 Å². The molecule has 1 heterocycles. The summed E-state index contributed by atoms with van der Waals surface area (Å²) in [6.45, 7) is 12.0. The van der Waals surface area contributed by atoms with Crippen molar-refractivity contribution >= 4 is 48.8 Å². The van der Waals surface area contributed by atoms with E-state index in [1.54, 1.807) is 27.8 Å². The Bertz CT molecular complexity index is 888. The zero-order valence-corrected chi connectivity index (χ0v) is 27.0. The van der Waals surface area contributed by atoms with E-state index < -0.39 is 54.9 Å². The fraction of sp³-hybridized carbons (Fsp3) is 0.680. The Balaban J connectivity index is -0.0000000649. The third-order valence-electron chi connectivity index (χ3n) is 4.85. The highest BCUT2D eigenvalue weighted by atomic mass is 16.6. The summed E-state index contributed by atoms with van der Waals surface area (Å²) >= 11 is 0. The number of hydrogen-bond donors (Lipinski definition) is 3. The van der Waals surface area contributed by atoms with E-state index in [9.17, 15) is 38.7 Å². The van der Waals surface area contributed by atoms with Crippen LogP contribution in [0.25, 0.3) is 0 Å². The van der Waals surface area contributed by atoms with Crippen molar-refractivity contribution in [1.29, 1.82) is 0 Å². The van der Waals surface area contributed by atoms with E-state index in [1.165, 1.54) is 40.0 Å². The summed E-state index contributed by atoms with van der Waals surface area (Å²) < 4.78 is 17.4. The fourth-order valence-corrected chi connectivity index (χ4v) is 1.44. The van der Waals surface area contributed by atoms with Crippen LogP contribution in [-0.2, 0) is 43.1 Å². The molecule has 1 saturated heterocycles. The van der Waals surface area contributed by atoms with Gasteiger partial charge in [-0.3, -0.25) is 24.1 Å². The van der Waals surface area contributed by atoms with Crippen molar-refractivity contribution in [2.45, 2.75) is 73.0 Å². The molecule has 43 heavy (non-hydrogen) atoms. The van der Waals surface area contributed by atoms with Crippen LogP contribution in [0.1, 0.15) is 59.1 Å². The van der Waals surface area contributed by atoms with E-state index in [0.717, 1.165) is 16.2 Å². The maximum Gasteiger partial charge on any atom is 0.418 e. The maximum atomic E-state index is 10.9. The Labute approximate surface area is 257 Å². The third-order valence-corrected chi connectivity index (χ3v) is 4.85. The Morgan fingerprint density at radius 3 is 1.60 bits per heavy atom. The standard InChI is InChI=1S/C6H12N2O2.C5H7NO3.C5H9NO3.C5H10O2.C2H6.CH5N.CO2.H2O.H2/c1-5(6(10)7-2)8(3)4-9;1-3-4(7)9-5(8)6(3)2;1-4(5(8)9)6(2)3-7;1-3-4(2)5(6)7;2*1-2;2-1-3;;/h4-5H,1-3H3,(H,7,10);3H,1-2H3;3-4H,1-2H3,(H,8,9);4H,3H2,1-2H3,(H,6,7);1-2H3;2H2,1H3;;1H2;1H/i4D;;3D;;;;;;1+1. The van der Waals surface area contributed by atoms with Crippen molar-refractivity contribution in [3.8, 4) is 0 Å². The summed E-state index contributed by atoms with van der Waals surface area (Å²) in [4.78, 5) is 91.8. The lowest BCUT2D eigenvalue weighted by atomic mass is 10.1. The highest BCUT2D eigenvalue weighted by Gasteiger charge is 2.34. The van der Waals surface area contributed by atoms with Gasteiger partial charge in [0.1, 0.15) is 14.8 Å². The van der Waals surface area contributed by atoms with Gasteiger partial charge in [-0.25, -0.2) is 9.59 Å². The molecule has 1 fully saturated rings. The minimum absolute atomic E-state index is 0. The molecule has 0 aromatic heterocycles. The molecule has 0 bridgehead atoms. The lowest BCUT2D eigenvalue weighted by molar-refractivity contribution is -0.325. The molecule has 7 N–H and O–H groups in total. The minimum Gasteiger partial charge on any atom is -0.548 e. The maximum absolute atomic E-state index is 10.9. The number of nitrogens with zero attached hydrogens (tertiary/aromatic N) is 3. The van der Waals surface area contributed by atoms with Gasteiger partial charge in [0.05, 0.1) is 25.0 Å². The van der Waals surface area contributed by atoms with Crippen molar-refractivity contribution in [3.05, 3.63) is 0 Å². The van der Waals surface area contributed by atoms with Gasteiger partial charge < -0.3 is 46.1 Å². The summed E-state index contributed by atoms with van der Waals surface area (Å²) in [5.41, 5.74) is 3.25. The number of ether oxygens (including phenoxy) is 1. The lowest BCUT2D eigenvalue weighted by Crippen LogP contribution is -2.43. The van der Waals surface area contributed by atoms with Crippen LogP contribution < -0.4 is 16.2 Å². The van der Waals surface area contributed by atoms with E-state index in [1.807, 2.05) is 20.8 Å². The first-order chi connectivity index (χ1) is 20.2. The number of carboxylic acid groups (broad SMARTS) is 2. The molecule has 0 aromatic carbocycles. The summed E-state index contributed by atoms with van der Waals surface area (Å²) in [7, 11) is 7.41. The largest absolute Gasteiger partial charge is 0.548 e. The summed E-state index contributed by atoms with van der Waals surface area (Å²) in [6.07, 6.45) is -1.49. The topological polar surface area (TPSA) is 287 Å². The predicted molar refractivity (Wildman–Crippen MR) is 152 cm³/mol. The number of likely N-dealkylation sites (N-methyl/N-ethyl adjacent to an activating group) is 4. The minimum atomic E-state index is -1.36. The van der Waals surface area contributed by atoms with E-state index in [2.05, 4.69) is 15.8 Å². The SMILES string of the molecule is CC.CC1C(=O)OC(=O)N1C.CCC(C)C(=O)O.C[NH3+].O.O=C=O.[2HH].[2H]C(=O)N(C)C(C)C(=O)NC.[2H]C(=O)N(C)C(C)C(=O)[O-]. The molecule has 256 valence electrons. The highest BCUT2D eigenvalue weighted by Crippen LogP contribution is 2.09. The van der Waals surface area contributed by atoms with Crippen molar-refractivity contribution in [2.24, 2.45) is 5.92 Å². The number of amides is 4. The first-order valence-corrected chi connectivity index (χ1v) is 12.5. The number of carboxylic acids is 2. The van der Waals surface area contributed by atoms with Gasteiger partial charge in [0.15, 0.2) is 0 Å². The molecule has 18 nitrogen and oxygen atoms in total. The van der Waals surface area contributed by atoms with Crippen molar-refractivity contribution in [1.82, 2.24) is 20.0 Å². The van der Waals surface area contributed by atoms with Crippen LogP contribution in [0.5, 0.6) is 0 Å². The van der Waals surface area contributed by atoms with Crippen molar-refractivity contribution in [2.75, 3.05) is 35.2 Å². The lowest BCUT2D eigenvalue weighted by Gasteiger charge is -2.20. The molecule has 4 amide bonds. The Kier molecular flexibility index (Phi) is 40.0. The average Bonchev–Trinajstić information content (AvgIpc) is 3.22. The second-order valence-corrected chi connectivity index (χ2v) is 7.39. The molecule has 0 radical (unpaired) electrons. The quantitative estimate of drug-likeness (QED) is 0.152. The monoisotopic (exact) mass is 634 g/mol. The summed E-state index contributed by atoms with van der Waals surface area (Å²) in [5, 5.41) is 20.6. The van der Waals surface area contributed by atoms with Crippen LogP contribution in [0.2, 0.25) is 0 Å². The fourth-order valence-electron chi connectivity index (χ4n) is 1.44. The van der Waals surface area contributed by atoms with Gasteiger partial charge in [-0.15, -0.1) is 0 Å². The van der Waals surface area contributed by atoms with Gasteiger partial charge in [0.25, 0.3) is 0 Å². The smallest absolute Gasteiger partial charge is 0.418 e. The Morgan fingerprint density at radius 1 is 1.14 bits per heavy atom. The molecule has 0 aromatic rings. The summed E-state index contributed by atoms with van der Waals surface area (Å²) in [5.74, 6) is -2.98. The average molecular weight is 635 g/mol. The number of quaternary nitrogens is 1. The number of carbonyl (C=O) groups is 7. The normalized spacial score (nSPS) is 14.3. The number of carbonyl (C=O) groups excluding carboxylic acids is 8. The number of rotatable bonds is 6. The van der Waals surface area contributed by atoms with E-state index in [4.69, 9.17) is 17.4 Å². The number of cyclic esters (lactones) is 2. The first kappa shape index (κ1) is 48.3. The molecule has 0 saturated carbocycles. The number of hydrogen-bond acceptors (Lipinski definition) is 11. The number of nitrogens with one attached hydrogen (secondary N) is 1. The Hall–Kier alpha value is -4.41. The molecule has 0 spiro atoms. The van der Waals surface area contributed by atoms with E-state index in [-0.39, 0.29) is 24.9 Å². The van der Waals surface area contributed by atoms with Crippen LogP contribution in [0.3, 0.4) is 0 Å². The van der Waals surface area contributed by atoms with Crippen molar-refractivity contribution in [3.63, 3.8) is 0 Å². The van der Waals surface area contributed by atoms with Crippen molar-refractivity contribution < 1.29 is 73.5 Å². The van der Waals surface area contributed by atoms with Crippen LogP contribution >= 0.6 is 0 Å². The zero-order valence-electron chi connectivity index (χ0n) is 29.0. The predicted octanol–water partition coefficient (Wildman–Crippen LogP) is -2.76. The van der Waals surface area contributed by atoms with Gasteiger partial charge in [-0.05, 0) is 27.2 Å². The van der Waals surface area contributed by atoms with Gasteiger partial charge >= 0.3 is 24.2 Å². The molecule has 18 heteroatoms. The van der Waals surface area contributed by atoms with Gasteiger partial charge in [0, 0.05) is 29.6 Å². The third kappa shape index (κ3) is 30.4.